The molecular weight excluding hydrogens is 252 g/mol. The summed E-state index contributed by atoms with van der Waals surface area (Å²) in [6.45, 7) is 3.78. The lowest BCUT2D eigenvalue weighted by Gasteiger charge is -2.17. The molecule has 1 aromatic heterocycles. The molecule has 1 amide bonds. The lowest BCUT2D eigenvalue weighted by atomic mass is 10.0. The molecule has 0 radical (unpaired) electrons. The van der Waals surface area contributed by atoms with Crippen LogP contribution in [0.15, 0.2) is 10.5 Å². The van der Waals surface area contributed by atoms with Crippen LogP contribution in [0.25, 0.3) is 0 Å². The molecule has 1 fully saturated rings. The molecule has 1 atom stereocenters. The lowest BCUT2D eigenvalue weighted by molar-refractivity contribution is -0.124. The van der Waals surface area contributed by atoms with Crippen molar-refractivity contribution in [3.63, 3.8) is 0 Å². The van der Waals surface area contributed by atoms with Crippen molar-refractivity contribution < 1.29 is 10.0 Å². The number of amides is 1. The van der Waals surface area contributed by atoms with Gasteiger partial charge in [-0.15, -0.1) is 11.3 Å². The summed E-state index contributed by atoms with van der Waals surface area (Å²) in [5.74, 6) is -0.208. The van der Waals surface area contributed by atoms with Crippen LogP contribution in [0.4, 0.5) is 0 Å². The van der Waals surface area contributed by atoms with Crippen LogP contribution < -0.4 is 11.1 Å². The highest BCUT2D eigenvalue weighted by Crippen LogP contribution is 2.46. The van der Waals surface area contributed by atoms with E-state index in [9.17, 15) is 4.79 Å². The molecule has 6 nitrogen and oxygen atoms in total. The molecule has 1 saturated carbocycles. The van der Waals surface area contributed by atoms with Gasteiger partial charge in [0.2, 0.25) is 5.91 Å². The van der Waals surface area contributed by atoms with E-state index in [4.69, 9.17) is 10.9 Å². The fourth-order valence-corrected chi connectivity index (χ4v) is 2.59. The quantitative estimate of drug-likeness (QED) is 0.330. The van der Waals surface area contributed by atoms with E-state index in [1.165, 1.54) is 11.3 Å². The van der Waals surface area contributed by atoms with Crippen molar-refractivity contribution in [3.8, 4) is 0 Å². The van der Waals surface area contributed by atoms with E-state index in [0.29, 0.717) is 12.8 Å². The Morgan fingerprint density at radius 3 is 2.83 bits per heavy atom. The van der Waals surface area contributed by atoms with Gasteiger partial charge in [-0.2, -0.15) is 0 Å². The SMILES string of the molecule is Cc1csc(C(C)NC(=O)C2(C(N)=NO)CC2)n1. The van der Waals surface area contributed by atoms with Crippen LogP contribution >= 0.6 is 11.3 Å². The number of oxime groups is 1. The minimum absolute atomic E-state index is 0.0116. The van der Waals surface area contributed by atoms with Gasteiger partial charge in [0, 0.05) is 11.1 Å². The third-order valence-corrected chi connectivity index (χ3v) is 4.28. The van der Waals surface area contributed by atoms with E-state index in [1.807, 2.05) is 19.2 Å². The molecular formula is C11H16N4O2S. The second-order valence-corrected chi connectivity index (χ2v) is 5.48. The van der Waals surface area contributed by atoms with Gasteiger partial charge >= 0.3 is 0 Å². The van der Waals surface area contributed by atoms with Crippen LogP contribution in [0, 0.1) is 12.3 Å². The minimum atomic E-state index is -0.810. The molecule has 1 heterocycles. The van der Waals surface area contributed by atoms with Crippen molar-refractivity contribution in [1.82, 2.24) is 10.3 Å². The van der Waals surface area contributed by atoms with Gasteiger partial charge < -0.3 is 16.3 Å². The van der Waals surface area contributed by atoms with Crippen LogP contribution in [0.5, 0.6) is 0 Å². The summed E-state index contributed by atoms with van der Waals surface area (Å²) in [5.41, 5.74) is 5.69. The van der Waals surface area contributed by atoms with E-state index < -0.39 is 5.41 Å². The van der Waals surface area contributed by atoms with Crippen molar-refractivity contribution in [2.45, 2.75) is 32.7 Å². The topological polar surface area (TPSA) is 101 Å². The largest absolute Gasteiger partial charge is 0.409 e. The van der Waals surface area contributed by atoms with Crippen LogP contribution in [0.1, 0.15) is 36.5 Å². The smallest absolute Gasteiger partial charge is 0.234 e. The number of nitrogens with two attached hydrogens (primary N) is 1. The summed E-state index contributed by atoms with van der Waals surface area (Å²) in [4.78, 5) is 16.4. The number of carbonyl (C=O) groups excluding carboxylic acids is 1. The first kappa shape index (κ1) is 12.8. The number of aryl methyl sites for hydroxylation is 1. The summed E-state index contributed by atoms with van der Waals surface area (Å²) in [6, 6.07) is -0.167. The number of aromatic nitrogens is 1. The van der Waals surface area contributed by atoms with Crippen LogP contribution in [0.2, 0.25) is 0 Å². The predicted molar refractivity (Wildman–Crippen MR) is 68.5 cm³/mol. The van der Waals surface area contributed by atoms with Crippen molar-refractivity contribution in [1.29, 1.82) is 0 Å². The summed E-state index contributed by atoms with van der Waals surface area (Å²) in [6.07, 6.45) is 1.25. The highest BCUT2D eigenvalue weighted by Gasteiger charge is 2.54. The second kappa shape index (κ2) is 4.56. The van der Waals surface area contributed by atoms with Gasteiger partial charge in [-0.25, -0.2) is 4.98 Å². The monoisotopic (exact) mass is 268 g/mol. The Morgan fingerprint density at radius 1 is 1.72 bits per heavy atom. The van der Waals surface area contributed by atoms with Gasteiger partial charge in [-0.05, 0) is 26.7 Å². The van der Waals surface area contributed by atoms with E-state index in [-0.39, 0.29) is 17.8 Å². The lowest BCUT2D eigenvalue weighted by Crippen LogP contribution is -2.41. The Bertz CT molecular complexity index is 493. The van der Waals surface area contributed by atoms with Gasteiger partial charge in [0.15, 0.2) is 5.84 Å². The van der Waals surface area contributed by atoms with Crippen LogP contribution in [0.3, 0.4) is 0 Å². The average molecular weight is 268 g/mol. The van der Waals surface area contributed by atoms with E-state index >= 15 is 0 Å². The molecule has 0 aliphatic heterocycles. The van der Waals surface area contributed by atoms with E-state index in [0.717, 1.165) is 10.7 Å². The molecule has 7 heteroatoms. The highest BCUT2D eigenvalue weighted by atomic mass is 32.1. The number of rotatable bonds is 4. The Labute approximate surface area is 109 Å². The zero-order valence-electron chi connectivity index (χ0n) is 10.3. The number of hydrogen-bond acceptors (Lipinski definition) is 5. The Kier molecular flexibility index (Phi) is 3.25. The second-order valence-electron chi connectivity index (χ2n) is 4.59. The van der Waals surface area contributed by atoms with Crippen molar-refractivity contribution in [2.75, 3.05) is 0 Å². The molecule has 0 bridgehead atoms. The number of nitrogens with zero attached hydrogens (tertiary/aromatic N) is 2. The fraction of sp³-hybridized carbons (Fsp3) is 0.545. The molecule has 1 aliphatic rings. The first-order chi connectivity index (χ1) is 8.49. The Morgan fingerprint density at radius 2 is 2.39 bits per heavy atom. The van der Waals surface area contributed by atoms with Gasteiger partial charge in [-0.3, -0.25) is 4.79 Å². The van der Waals surface area contributed by atoms with Crippen LogP contribution in [-0.4, -0.2) is 21.9 Å². The molecule has 18 heavy (non-hydrogen) atoms. The molecule has 98 valence electrons. The number of carbonyl (C=O) groups is 1. The van der Waals surface area contributed by atoms with E-state index in [2.05, 4.69) is 15.5 Å². The van der Waals surface area contributed by atoms with Gasteiger partial charge in [-0.1, -0.05) is 5.16 Å². The average Bonchev–Trinajstić information content (AvgIpc) is 3.05. The van der Waals surface area contributed by atoms with Gasteiger partial charge in [0.25, 0.3) is 0 Å². The van der Waals surface area contributed by atoms with Gasteiger partial charge in [0.05, 0.1) is 6.04 Å². The summed E-state index contributed by atoms with van der Waals surface area (Å²) in [5, 5.41) is 17.3. The van der Waals surface area contributed by atoms with Crippen molar-refractivity contribution in [3.05, 3.63) is 16.1 Å². The molecule has 2 rings (SSSR count). The minimum Gasteiger partial charge on any atom is -0.409 e. The Balaban J connectivity index is 2.04. The van der Waals surface area contributed by atoms with Gasteiger partial charge in [0.1, 0.15) is 10.4 Å². The third kappa shape index (κ3) is 2.17. The molecule has 0 aromatic carbocycles. The zero-order valence-corrected chi connectivity index (χ0v) is 11.1. The number of thiazole rings is 1. The molecule has 0 saturated heterocycles. The molecule has 0 spiro atoms. The molecule has 1 aliphatic carbocycles. The summed E-state index contributed by atoms with van der Waals surface area (Å²) in [7, 11) is 0. The van der Waals surface area contributed by atoms with E-state index in [1.54, 1.807) is 0 Å². The molecule has 1 aromatic rings. The van der Waals surface area contributed by atoms with Crippen LogP contribution in [-0.2, 0) is 4.79 Å². The first-order valence-electron chi connectivity index (χ1n) is 5.70. The zero-order chi connectivity index (χ0) is 13.3. The first-order valence-corrected chi connectivity index (χ1v) is 6.58. The maximum absolute atomic E-state index is 12.1. The summed E-state index contributed by atoms with van der Waals surface area (Å²) >= 11 is 1.51. The Hall–Kier alpha value is -1.63. The maximum Gasteiger partial charge on any atom is 0.234 e. The number of amidine groups is 1. The highest BCUT2D eigenvalue weighted by molar-refractivity contribution is 7.09. The third-order valence-electron chi connectivity index (χ3n) is 3.14. The maximum atomic E-state index is 12.1. The number of nitrogens with one attached hydrogen (secondary N) is 1. The van der Waals surface area contributed by atoms with Crippen molar-refractivity contribution in [2.24, 2.45) is 16.3 Å². The normalized spacial score (nSPS) is 19.3. The number of hydrogen-bond donors (Lipinski definition) is 3. The molecule has 1 unspecified atom stereocenters. The standard InChI is InChI=1S/C11H16N4O2S/c1-6-5-18-8(13-6)7(2)14-10(16)11(3-4-11)9(12)15-17/h5,7,17H,3-4H2,1-2H3,(H2,12,15)(H,14,16). The van der Waals surface area contributed by atoms with Crippen molar-refractivity contribution >= 4 is 23.1 Å². The molecule has 4 N–H and O–H groups in total. The fourth-order valence-electron chi connectivity index (χ4n) is 1.79. The predicted octanol–water partition coefficient (Wildman–Crippen LogP) is 1.16. The summed E-state index contributed by atoms with van der Waals surface area (Å²) < 4.78 is 0.